The van der Waals surface area contributed by atoms with E-state index in [1.54, 1.807) is 0 Å². The Kier molecular flexibility index (Phi) is 35.6. The van der Waals surface area contributed by atoms with Crippen molar-refractivity contribution in [1.29, 1.82) is 0 Å². The molecular weight excluding hydrogens is 342 g/mol. The topological polar surface area (TPSA) is 224 Å². The summed E-state index contributed by atoms with van der Waals surface area (Å²) < 4.78 is 68.2. The van der Waals surface area contributed by atoms with E-state index in [9.17, 15) is 0 Å². The van der Waals surface area contributed by atoms with Gasteiger partial charge in [-0.3, -0.25) is 16.8 Å². The van der Waals surface area contributed by atoms with Gasteiger partial charge < -0.3 is 29.2 Å². The number of hydrogen-bond donors (Lipinski definition) is 0. The molecule has 0 bridgehead atoms. The van der Waals surface area contributed by atoms with Crippen LogP contribution in [0.1, 0.15) is 0 Å². The number of hydrogen-bond acceptors (Lipinski definition) is 8. The van der Waals surface area contributed by atoms with E-state index in [2.05, 4.69) is 0 Å². The summed E-state index contributed by atoms with van der Waals surface area (Å²) in [6, 6.07) is 0. The van der Waals surface area contributed by atoms with Gasteiger partial charge in [-0.2, -0.15) is 0 Å². The molecule has 0 unspecified atom stereocenters. The largest absolute Gasteiger partial charge is 2.00 e. The van der Waals surface area contributed by atoms with Gasteiger partial charge in [0.05, 0.1) is 0 Å². The van der Waals surface area contributed by atoms with Gasteiger partial charge in [-0.25, -0.2) is 0 Å². The van der Waals surface area contributed by atoms with Crippen LogP contribution in [0.25, 0.3) is 0 Å². The molecular formula is H4Co2O10S2. The summed E-state index contributed by atoms with van der Waals surface area (Å²) >= 11 is 0. The van der Waals surface area contributed by atoms with E-state index in [4.69, 9.17) is 35.0 Å². The van der Waals surface area contributed by atoms with Crippen LogP contribution < -0.4 is 0 Å². The summed E-state index contributed by atoms with van der Waals surface area (Å²) in [6.45, 7) is 0. The van der Waals surface area contributed by atoms with E-state index in [1.165, 1.54) is 0 Å². The van der Waals surface area contributed by atoms with Gasteiger partial charge in [-0.05, 0) is 0 Å². The van der Waals surface area contributed by atoms with Crippen molar-refractivity contribution in [2.75, 3.05) is 0 Å². The second kappa shape index (κ2) is 13.7. The Balaban J connectivity index is -0.0000000178. The van der Waals surface area contributed by atoms with Gasteiger partial charge in [0.25, 0.3) is 0 Å². The van der Waals surface area contributed by atoms with Crippen molar-refractivity contribution < 1.29 is 79.6 Å². The molecule has 0 rings (SSSR count). The van der Waals surface area contributed by atoms with Crippen molar-refractivity contribution in [2.45, 2.75) is 0 Å². The van der Waals surface area contributed by atoms with Crippen LogP contribution in [-0.4, -0.2) is 46.0 Å². The van der Waals surface area contributed by atoms with Crippen LogP contribution in [0.4, 0.5) is 0 Å². The van der Waals surface area contributed by atoms with Crippen LogP contribution in [-0.2, 0) is 54.4 Å². The summed E-state index contributed by atoms with van der Waals surface area (Å²) in [6.07, 6.45) is 0. The van der Waals surface area contributed by atoms with E-state index < -0.39 is 20.8 Å². The molecule has 0 aliphatic rings. The van der Waals surface area contributed by atoms with Crippen LogP contribution in [0.2, 0.25) is 0 Å². The first kappa shape index (κ1) is 36.5. The van der Waals surface area contributed by atoms with Crippen LogP contribution in [0.15, 0.2) is 0 Å². The van der Waals surface area contributed by atoms with Gasteiger partial charge >= 0.3 is 33.6 Å². The molecule has 0 aliphatic carbocycles. The third-order valence-electron chi connectivity index (χ3n) is 0. The first-order valence-corrected chi connectivity index (χ1v) is 4.00. The van der Waals surface area contributed by atoms with Crippen molar-refractivity contribution in [3.8, 4) is 0 Å². The minimum absolute atomic E-state index is 0. The Hall–Kier alpha value is 0.673. The Morgan fingerprint density at radius 1 is 0.571 bits per heavy atom. The Morgan fingerprint density at radius 2 is 0.571 bits per heavy atom. The van der Waals surface area contributed by atoms with Gasteiger partial charge in [0.2, 0.25) is 0 Å². The van der Waals surface area contributed by atoms with Gasteiger partial charge in [0.1, 0.15) is 0 Å². The molecule has 2 radical (unpaired) electrons. The Labute approximate surface area is 100 Å². The van der Waals surface area contributed by atoms with Gasteiger partial charge in [-0.15, -0.1) is 0 Å². The molecule has 4 N–H and O–H groups in total. The van der Waals surface area contributed by atoms with Crippen LogP contribution in [0.3, 0.4) is 0 Å². The molecule has 0 aromatic rings. The summed E-state index contributed by atoms with van der Waals surface area (Å²) in [5, 5.41) is 0. The molecule has 10 nitrogen and oxygen atoms in total. The fourth-order valence-corrected chi connectivity index (χ4v) is 0. The van der Waals surface area contributed by atoms with Crippen LogP contribution in [0.5, 0.6) is 0 Å². The molecule has 94 valence electrons. The summed E-state index contributed by atoms with van der Waals surface area (Å²) in [5.41, 5.74) is 0. The summed E-state index contributed by atoms with van der Waals surface area (Å²) in [5.74, 6) is 0. The summed E-state index contributed by atoms with van der Waals surface area (Å²) in [7, 11) is -10.3. The second-order valence-corrected chi connectivity index (χ2v) is 2.45. The van der Waals surface area contributed by atoms with E-state index in [-0.39, 0.29) is 44.5 Å². The Morgan fingerprint density at radius 3 is 0.571 bits per heavy atom. The van der Waals surface area contributed by atoms with Gasteiger partial charge in [-0.1, -0.05) is 0 Å². The maximum Gasteiger partial charge on any atom is 2.00 e. The molecule has 0 spiro atoms. The quantitative estimate of drug-likeness (QED) is 0.307. The molecule has 14 heavy (non-hydrogen) atoms. The van der Waals surface area contributed by atoms with E-state index in [1.807, 2.05) is 0 Å². The Bertz CT molecular complexity index is 212. The third-order valence-corrected chi connectivity index (χ3v) is 0. The van der Waals surface area contributed by atoms with Crippen LogP contribution in [0, 0.1) is 0 Å². The second-order valence-electron chi connectivity index (χ2n) is 0.816. The summed E-state index contributed by atoms with van der Waals surface area (Å²) in [4.78, 5) is 0. The molecule has 0 saturated heterocycles. The average Bonchev–Trinajstić information content (AvgIpc) is 1.12. The molecule has 0 saturated carbocycles. The van der Waals surface area contributed by atoms with E-state index in [0.717, 1.165) is 0 Å². The van der Waals surface area contributed by atoms with Gasteiger partial charge in [0, 0.05) is 20.8 Å². The molecule has 14 heteroatoms. The molecule has 0 heterocycles. The normalized spacial score (nSPS) is 8.29. The van der Waals surface area contributed by atoms with E-state index >= 15 is 0 Å². The van der Waals surface area contributed by atoms with Crippen molar-refractivity contribution in [1.82, 2.24) is 0 Å². The third kappa shape index (κ3) is 3810. The zero-order valence-electron chi connectivity index (χ0n) is 5.75. The first-order chi connectivity index (χ1) is 4.00. The zero-order valence-corrected chi connectivity index (χ0v) is 9.46. The van der Waals surface area contributed by atoms with Gasteiger partial charge in [0.15, 0.2) is 0 Å². The smallest absolute Gasteiger partial charge is 0.759 e. The van der Waals surface area contributed by atoms with Crippen molar-refractivity contribution >= 4 is 20.8 Å². The van der Waals surface area contributed by atoms with Crippen molar-refractivity contribution in [3.63, 3.8) is 0 Å². The minimum Gasteiger partial charge on any atom is -0.759 e. The fourth-order valence-electron chi connectivity index (χ4n) is 0. The molecule has 0 aliphatic heterocycles. The first-order valence-electron chi connectivity index (χ1n) is 1.33. The predicted molar refractivity (Wildman–Crippen MR) is 28.2 cm³/mol. The molecule has 0 aromatic heterocycles. The fraction of sp³-hybridized carbons (Fsp3) is 0. The standard InChI is InChI=1S/2Co.2H2O4S.2H2O/c;;2*1-5(2,3)4;;/h;;2*(H2,1,2,3,4);2*1H2/q2*+2;;;;/p-4. The SMILES string of the molecule is O.O.O=S(=O)([O-])[O-].O=S(=O)([O-])[O-].[Co+2].[Co+2]. The predicted octanol–water partition coefficient (Wildman–Crippen LogP) is -4.33. The van der Waals surface area contributed by atoms with Crippen molar-refractivity contribution in [3.05, 3.63) is 0 Å². The van der Waals surface area contributed by atoms with Crippen LogP contribution >= 0.6 is 0 Å². The molecule has 0 amide bonds. The van der Waals surface area contributed by atoms with E-state index in [0.29, 0.717) is 0 Å². The monoisotopic (exact) mass is 346 g/mol. The minimum atomic E-state index is -5.17. The maximum atomic E-state index is 8.52. The zero-order chi connectivity index (χ0) is 9.00. The molecule has 0 atom stereocenters. The molecule has 0 aromatic carbocycles. The van der Waals surface area contributed by atoms with Crippen molar-refractivity contribution in [2.24, 2.45) is 0 Å². The maximum absolute atomic E-state index is 8.52. The number of rotatable bonds is 0. The molecule has 0 fully saturated rings. The average molecular weight is 346 g/mol.